The quantitative estimate of drug-likeness (QED) is 0.775. The minimum Gasteiger partial charge on any atom is -0.344 e. The maximum Gasteiger partial charge on any atom is 0.230 e. The number of carbonyl (C=O) groups is 1. The fourth-order valence-electron chi connectivity index (χ4n) is 2.75. The lowest BCUT2D eigenvalue weighted by Gasteiger charge is -2.21. The predicted octanol–water partition coefficient (Wildman–Crippen LogP) is 1.58. The zero-order chi connectivity index (χ0) is 17.1. The van der Waals surface area contributed by atoms with Crippen LogP contribution in [0.25, 0.3) is 11.4 Å². The molecule has 0 spiro atoms. The van der Waals surface area contributed by atoms with Crippen LogP contribution in [0.1, 0.15) is 18.7 Å². The Kier molecular flexibility index (Phi) is 4.94. The van der Waals surface area contributed by atoms with E-state index in [-0.39, 0.29) is 12.3 Å². The topological polar surface area (TPSA) is 54.3 Å². The van der Waals surface area contributed by atoms with Gasteiger partial charge in [0.1, 0.15) is 5.82 Å². The summed E-state index contributed by atoms with van der Waals surface area (Å²) in [5.41, 5.74) is 1.01. The molecular weight excluding hydrogens is 302 g/mol. The number of likely N-dealkylation sites (N-methyl/N-ethyl adjacent to an activating group) is 2. The van der Waals surface area contributed by atoms with Crippen LogP contribution >= 0.6 is 0 Å². The number of benzene rings is 1. The Morgan fingerprint density at radius 3 is 2.54 bits per heavy atom. The van der Waals surface area contributed by atoms with Gasteiger partial charge in [0.25, 0.3) is 0 Å². The van der Waals surface area contributed by atoms with E-state index >= 15 is 0 Å². The van der Waals surface area contributed by atoms with E-state index in [0.717, 1.165) is 30.5 Å². The van der Waals surface area contributed by atoms with Crippen molar-refractivity contribution in [3.05, 3.63) is 36.2 Å². The first-order valence-corrected chi connectivity index (χ1v) is 8.44. The molecule has 24 heavy (non-hydrogen) atoms. The standard InChI is InChI=1S/C18H25N5O/c1-21(15-9-10-15)11-12-22(2)17(24)13-16-19-20-18(23(16)3)14-7-5-4-6-8-14/h4-8,15H,9-13H2,1-3H3. The molecule has 3 rings (SSSR count). The summed E-state index contributed by atoms with van der Waals surface area (Å²) in [6.45, 7) is 1.66. The van der Waals surface area contributed by atoms with Crippen molar-refractivity contribution in [3.8, 4) is 11.4 Å². The molecule has 0 unspecified atom stereocenters. The number of nitrogens with zero attached hydrogens (tertiary/aromatic N) is 5. The first-order valence-electron chi connectivity index (χ1n) is 8.44. The van der Waals surface area contributed by atoms with Crippen molar-refractivity contribution >= 4 is 5.91 Å². The monoisotopic (exact) mass is 327 g/mol. The summed E-state index contributed by atoms with van der Waals surface area (Å²) in [5.74, 6) is 1.56. The van der Waals surface area contributed by atoms with E-state index in [9.17, 15) is 4.79 Å². The van der Waals surface area contributed by atoms with Crippen molar-refractivity contribution in [2.24, 2.45) is 7.05 Å². The number of amides is 1. The van der Waals surface area contributed by atoms with Crippen molar-refractivity contribution in [1.82, 2.24) is 24.6 Å². The molecule has 1 heterocycles. The van der Waals surface area contributed by atoms with Gasteiger partial charge in [0.2, 0.25) is 5.91 Å². The van der Waals surface area contributed by atoms with Gasteiger partial charge in [-0.25, -0.2) is 0 Å². The molecule has 1 aliphatic carbocycles. The Hall–Kier alpha value is -2.21. The Bertz CT molecular complexity index is 693. The highest BCUT2D eigenvalue weighted by molar-refractivity contribution is 5.77. The fraction of sp³-hybridized carbons (Fsp3) is 0.500. The second-order valence-corrected chi connectivity index (χ2v) is 6.57. The maximum absolute atomic E-state index is 12.4. The van der Waals surface area contributed by atoms with E-state index in [1.54, 1.807) is 4.90 Å². The van der Waals surface area contributed by atoms with E-state index in [0.29, 0.717) is 5.82 Å². The van der Waals surface area contributed by atoms with Crippen LogP contribution in [0.3, 0.4) is 0 Å². The van der Waals surface area contributed by atoms with Crippen molar-refractivity contribution in [3.63, 3.8) is 0 Å². The van der Waals surface area contributed by atoms with Gasteiger partial charge in [0.15, 0.2) is 5.82 Å². The van der Waals surface area contributed by atoms with Gasteiger partial charge < -0.3 is 14.4 Å². The molecule has 1 fully saturated rings. The summed E-state index contributed by atoms with van der Waals surface area (Å²) in [7, 11) is 5.90. The molecular formula is C18H25N5O. The highest BCUT2D eigenvalue weighted by Gasteiger charge is 2.26. The first-order chi connectivity index (χ1) is 11.6. The van der Waals surface area contributed by atoms with Gasteiger partial charge in [-0.15, -0.1) is 10.2 Å². The minimum atomic E-state index is 0.0781. The fourth-order valence-corrected chi connectivity index (χ4v) is 2.75. The van der Waals surface area contributed by atoms with Crippen LogP contribution in [0.5, 0.6) is 0 Å². The van der Waals surface area contributed by atoms with E-state index in [1.807, 2.05) is 49.0 Å². The summed E-state index contributed by atoms with van der Waals surface area (Å²) >= 11 is 0. The van der Waals surface area contributed by atoms with Gasteiger partial charge in [-0.1, -0.05) is 30.3 Å². The van der Waals surface area contributed by atoms with Gasteiger partial charge >= 0.3 is 0 Å². The van der Waals surface area contributed by atoms with E-state index in [1.165, 1.54) is 12.8 Å². The second-order valence-electron chi connectivity index (χ2n) is 6.57. The van der Waals surface area contributed by atoms with E-state index in [4.69, 9.17) is 0 Å². The number of carbonyl (C=O) groups excluding carboxylic acids is 1. The van der Waals surface area contributed by atoms with Crippen LogP contribution in [-0.2, 0) is 18.3 Å². The Morgan fingerprint density at radius 2 is 1.88 bits per heavy atom. The molecule has 0 saturated heterocycles. The van der Waals surface area contributed by atoms with Gasteiger partial charge in [-0.3, -0.25) is 4.79 Å². The average molecular weight is 327 g/mol. The number of hydrogen-bond donors (Lipinski definition) is 0. The lowest BCUT2D eigenvalue weighted by Crippen LogP contribution is -2.36. The normalized spacial score (nSPS) is 14.2. The first kappa shape index (κ1) is 16.6. The molecule has 0 bridgehead atoms. The van der Waals surface area contributed by atoms with Gasteiger partial charge in [-0.2, -0.15) is 0 Å². The lowest BCUT2D eigenvalue weighted by atomic mass is 10.2. The van der Waals surface area contributed by atoms with Crippen molar-refractivity contribution in [1.29, 1.82) is 0 Å². The summed E-state index contributed by atoms with van der Waals surface area (Å²) in [5, 5.41) is 8.44. The predicted molar refractivity (Wildman–Crippen MR) is 93.4 cm³/mol. The molecule has 6 heteroatoms. The molecule has 2 aromatic rings. The van der Waals surface area contributed by atoms with Crippen molar-refractivity contribution in [2.75, 3.05) is 27.2 Å². The Labute approximate surface area is 143 Å². The van der Waals surface area contributed by atoms with Gasteiger partial charge in [-0.05, 0) is 19.9 Å². The largest absolute Gasteiger partial charge is 0.344 e. The van der Waals surface area contributed by atoms with Crippen molar-refractivity contribution < 1.29 is 4.79 Å². The Balaban J connectivity index is 1.59. The third-order valence-corrected chi connectivity index (χ3v) is 4.69. The highest BCUT2D eigenvalue weighted by Crippen LogP contribution is 2.24. The molecule has 1 amide bonds. The maximum atomic E-state index is 12.4. The lowest BCUT2D eigenvalue weighted by molar-refractivity contribution is -0.129. The summed E-state index contributed by atoms with van der Waals surface area (Å²) in [6.07, 6.45) is 2.85. The van der Waals surface area contributed by atoms with Crippen LogP contribution < -0.4 is 0 Å². The molecule has 6 nitrogen and oxygen atoms in total. The summed E-state index contributed by atoms with van der Waals surface area (Å²) in [4.78, 5) is 16.6. The molecule has 0 radical (unpaired) electrons. The number of aromatic nitrogens is 3. The van der Waals surface area contributed by atoms with Crippen LogP contribution in [0.4, 0.5) is 0 Å². The molecule has 0 N–H and O–H groups in total. The van der Waals surface area contributed by atoms with Crippen LogP contribution in [-0.4, -0.2) is 63.7 Å². The van der Waals surface area contributed by atoms with Gasteiger partial charge in [0, 0.05) is 38.8 Å². The number of rotatable bonds is 7. The van der Waals surface area contributed by atoms with Crippen LogP contribution in [0.15, 0.2) is 30.3 Å². The van der Waals surface area contributed by atoms with Gasteiger partial charge in [0.05, 0.1) is 6.42 Å². The molecule has 1 saturated carbocycles. The number of hydrogen-bond acceptors (Lipinski definition) is 4. The molecule has 1 aliphatic rings. The average Bonchev–Trinajstić information content (AvgIpc) is 3.38. The van der Waals surface area contributed by atoms with E-state index < -0.39 is 0 Å². The third-order valence-electron chi connectivity index (χ3n) is 4.69. The van der Waals surface area contributed by atoms with Crippen LogP contribution in [0.2, 0.25) is 0 Å². The molecule has 0 aliphatic heterocycles. The molecule has 1 aromatic heterocycles. The SMILES string of the molecule is CN(CCN(C)C1CC1)C(=O)Cc1nnc(-c2ccccc2)n1C. The third kappa shape index (κ3) is 3.82. The summed E-state index contributed by atoms with van der Waals surface area (Å²) < 4.78 is 1.90. The highest BCUT2D eigenvalue weighted by atomic mass is 16.2. The zero-order valence-corrected chi connectivity index (χ0v) is 14.6. The van der Waals surface area contributed by atoms with Crippen molar-refractivity contribution in [2.45, 2.75) is 25.3 Å². The smallest absolute Gasteiger partial charge is 0.230 e. The minimum absolute atomic E-state index is 0.0781. The van der Waals surface area contributed by atoms with E-state index in [2.05, 4.69) is 22.1 Å². The molecule has 128 valence electrons. The Morgan fingerprint density at radius 1 is 1.17 bits per heavy atom. The second kappa shape index (κ2) is 7.13. The zero-order valence-electron chi connectivity index (χ0n) is 14.6. The summed E-state index contributed by atoms with van der Waals surface area (Å²) in [6, 6.07) is 10.6. The molecule has 0 atom stereocenters. The van der Waals surface area contributed by atoms with Crippen LogP contribution in [0, 0.1) is 0 Å². The molecule has 1 aromatic carbocycles.